The molecule has 0 unspecified atom stereocenters. The molecular weight excluding hydrogens is 987 g/mol. The molecule has 6 heteroatoms. The predicted octanol–water partition coefficient (Wildman–Crippen LogP) is 23.0. The molecule has 4 aromatic carbocycles. The number of likely N-dealkylation sites (tertiary alicyclic amines) is 1. The molecule has 5 aliphatic heterocycles. The highest BCUT2D eigenvalue weighted by atomic mass is 16.5. The number of rotatable bonds is 5. The number of para-hydroxylation sites is 5. The highest BCUT2D eigenvalue weighted by Gasteiger charge is 2.21. The van der Waals surface area contributed by atoms with Crippen molar-refractivity contribution in [3.8, 4) is 5.75 Å². The van der Waals surface area contributed by atoms with Gasteiger partial charge in [-0.05, 0) is 187 Å². The molecular formula is C75H143N5O. The molecule has 81 heavy (non-hydrogen) atoms. The number of hydrogen-bond acceptors (Lipinski definition) is 6. The second-order valence-electron chi connectivity index (χ2n) is 19.2. The zero-order valence-electron chi connectivity index (χ0n) is 58.8. The van der Waals surface area contributed by atoms with Gasteiger partial charge in [0.15, 0.2) is 0 Å². The van der Waals surface area contributed by atoms with E-state index in [0.717, 1.165) is 31.4 Å². The standard InChI is InChI=1S/C13H19N.C12H17NO.C12H17N.C11H15N.C8H17N.9C2H6.CH4/c1-11(2)14-10-6-5-8-12-7-3-4-9-13(12)14;1-10(2)13-8-5-9-14-12-7-4-3-6-11(12)13;1-10(2)13-9-5-7-11-6-3-4-8-12(11)13;1-9(2)12-8-7-10-5-3-4-6-11(10)12;1-8(2)9-6-4-3-5-7-9;9*1-2;/h3-4,7,9,11H,5-6,8,10H2,1-2H3;3-4,6-7,10H,5,8-9H2,1-2H3;3-4,6,8,10H,5,7,9H2,1-2H3;3-6,9H,7-8H2,1-2H3;8H,3-7H2,1-2H3;9*1-2H3;1H4. The Morgan fingerprint density at radius 3 is 0.963 bits per heavy atom. The van der Waals surface area contributed by atoms with Gasteiger partial charge in [-0.25, -0.2) is 0 Å². The third kappa shape index (κ3) is 34.9. The molecule has 0 aromatic heterocycles. The van der Waals surface area contributed by atoms with Crippen LogP contribution in [0.2, 0.25) is 0 Å². The normalized spacial score (nSPS) is 13.7. The molecule has 1 fully saturated rings. The SMILES string of the molecule is C.CC.CC.CC.CC.CC.CC.CC.CC.CC.CC(C)N1CCCCC1.CC(C)N1CCCCc2ccccc21.CC(C)N1CCCOc2ccccc21.CC(C)N1CCCc2ccccc21.CC(C)N1CCc2ccccc21. The number of fused-ring (bicyclic) bond motifs is 4. The van der Waals surface area contributed by atoms with Gasteiger partial charge in [0.25, 0.3) is 0 Å². The molecule has 0 radical (unpaired) electrons. The minimum Gasteiger partial charge on any atom is -0.491 e. The van der Waals surface area contributed by atoms with E-state index in [0.29, 0.717) is 24.2 Å². The van der Waals surface area contributed by atoms with E-state index in [-0.39, 0.29) is 7.43 Å². The van der Waals surface area contributed by atoms with Crippen molar-refractivity contribution in [2.24, 2.45) is 0 Å². The maximum absolute atomic E-state index is 5.69. The lowest BCUT2D eigenvalue weighted by Gasteiger charge is -2.34. The Kier molecular flexibility index (Phi) is 65.7. The summed E-state index contributed by atoms with van der Waals surface area (Å²) in [4.78, 5) is 12.5. The Hall–Kier alpha value is -4.16. The smallest absolute Gasteiger partial charge is 0.142 e. The van der Waals surface area contributed by atoms with Crippen LogP contribution in [0.25, 0.3) is 0 Å². The zero-order chi connectivity index (χ0) is 62.4. The van der Waals surface area contributed by atoms with Crippen molar-refractivity contribution in [2.45, 2.75) is 296 Å². The summed E-state index contributed by atoms with van der Waals surface area (Å²) in [5, 5.41) is 0. The van der Waals surface area contributed by atoms with Crippen LogP contribution < -0.4 is 24.3 Å². The molecule has 1 saturated heterocycles. The van der Waals surface area contributed by atoms with Crippen molar-refractivity contribution in [1.82, 2.24) is 4.90 Å². The minimum atomic E-state index is 0. The van der Waals surface area contributed by atoms with E-state index in [1.165, 1.54) is 130 Å². The molecule has 0 amide bonds. The number of benzene rings is 4. The third-order valence-electron chi connectivity index (χ3n) is 13.1. The first kappa shape index (κ1) is 88.1. The Morgan fingerprint density at radius 1 is 0.284 bits per heavy atom. The first-order chi connectivity index (χ1) is 39.0. The molecule has 5 aliphatic rings. The van der Waals surface area contributed by atoms with Crippen LogP contribution in [0, 0.1) is 0 Å². The van der Waals surface area contributed by atoms with E-state index in [1.807, 2.05) is 131 Å². The molecule has 0 spiro atoms. The fraction of sp³-hybridized carbons (Fsp3) is 0.680. The summed E-state index contributed by atoms with van der Waals surface area (Å²) < 4.78 is 5.69. The molecule has 0 N–H and O–H groups in total. The van der Waals surface area contributed by atoms with Gasteiger partial charge in [-0.15, -0.1) is 0 Å². The van der Waals surface area contributed by atoms with Gasteiger partial charge in [-0.2, -0.15) is 0 Å². The topological polar surface area (TPSA) is 25.4 Å². The summed E-state index contributed by atoms with van der Waals surface area (Å²) in [6.07, 6.45) is 13.1. The molecule has 4 aromatic rings. The van der Waals surface area contributed by atoms with Gasteiger partial charge in [0, 0.05) is 73.5 Å². The molecule has 0 saturated carbocycles. The van der Waals surface area contributed by atoms with Crippen molar-refractivity contribution in [3.63, 3.8) is 0 Å². The van der Waals surface area contributed by atoms with Crippen LogP contribution in [0.15, 0.2) is 97.1 Å². The second-order valence-corrected chi connectivity index (χ2v) is 19.2. The van der Waals surface area contributed by atoms with Gasteiger partial charge in [0.05, 0.1) is 12.3 Å². The van der Waals surface area contributed by atoms with E-state index < -0.39 is 0 Å². The van der Waals surface area contributed by atoms with Gasteiger partial charge < -0.3 is 29.2 Å². The number of anilines is 4. The number of aryl methyl sites for hydroxylation is 2. The lowest BCUT2D eigenvalue weighted by atomic mass is 10.0. The van der Waals surface area contributed by atoms with E-state index in [1.54, 1.807) is 0 Å². The van der Waals surface area contributed by atoms with E-state index in [4.69, 9.17) is 4.74 Å². The fourth-order valence-corrected chi connectivity index (χ4v) is 9.58. The van der Waals surface area contributed by atoms with Gasteiger partial charge in [-0.3, -0.25) is 0 Å². The first-order valence-electron chi connectivity index (χ1n) is 33.7. The summed E-state index contributed by atoms with van der Waals surface area (Å²) >= 11 is 0. The van der Waals surface area contributed by atoms with Crippen LogP contribution in [0.5, 0.6) is 5.75 Å². The average Bonchev–Trinajstić information content (AvgIpc) is 3.70. The summed E-state index contributed by atoms with van der Waals surface area (Å²) in [7, 11) is 0. The second kappa shape index (κ2) is 60.4. The maximum atomic E-state index is 5.69. The fourth-order valence-electron chi connectivity index (χ4n) is 9.58. The summed E-state index contributed by atoms with van der Waals surface area (Å²) in [5.74, 6) is 1.03. The number of nitrogens with zero attached hydrogens (tertiary/aromatic N) is 5. The molecule has 474 valence electrons. The van der Waals surface area contributed by atoms with E-state index in [2.05, 4.69) is 185 Å². The Balaban J connectivity index is -0.000000203. The molecule has 6 nitrogen and oxygen atoms in total. The monoisotopic (exact) mass is 1130 g/mol. The van der Waals surface area contributed by atoms with Crippen molar-refractivity contribution in [2.75, 3.05) is 65.5 Å². The number of piperidine rings is 1. The van der Waals surface area contributed by atoms with Crippen LogP contribution >= 0.6 is 0 Å². The molecule has 9 rings (SSSR count). The lowest BCUT2D eigenvalue weighted by Crippen LogP contribution is -2.35. The van der Waals surface area contributed by atoms with Crippen molar-refractivity contribution in [1.29, 1.82) is 0 Å². The maximum Gasteiger partial charge on any atom is 0.142 e. The van der Waals surface area contributed by atoms with Gasteiger partial charge >= 0.3 is 0 Å². The third-order valence-corrected chi connectivity index (χ3v) is 13.1. The molecule has 0 aliphatic carbocycles. The van der Waals surface area contributed by atoms with E-state index >= 15 is 0 Å². The van der Waals surface area contributed by atoms with E-state index in [9.17, 15) is 0 Å². The Morgan fingerprint density at radius 2 is 0.580 bits per heavy atom. The van der Waals surface area contributed by atoms with Gasteiger partial charge in [0.1, 0.15) is 5.75 Å². The van der Waals surface area contributed by atoms with Crippen molar-refractivity contribution >= 4 is 22.7 Å². The minimum absolute atomic E-state index is 0. The molecule has 0 atom stereocenters. The average molecular weight is 1130 g/mol. The summed E-state index contributed by atoms with van der Waals surface area (Å²) in [5.41, 5.74) is 10.1. The highest BCUT2D eigenvalue weighted by molar-refractivity contribution is 5.60. The first-order valence-corrected chi connectivity index (χ1v) is 33.7. The number of ether oxygens (including phenoxy) is 1. The van der Waals surface area contributed by atoms with Crippen molar-refractivity contribution < 1.29 is 4.74 Å². The Bertz CT molecular complexity index is 1800. The lowest BCUT2D eigenvalue weighted by molar-refractivity contribution is 0.185. The summed E-state index contributed by atoms with van der Waals surface area (Å²) in [6, 6.07) is 37.8. The largest absolute Gasteiger partial charge is 0.491 e. The van der Waals surface area contributed by atoms with Crippen molar-refractivity contribution in [3.05, 3.63) is 114 Å². The zero-order valence-corrected chi connectivity index (χ0v) is 58.8. The van der Waals surface area contributed by atoms with Crippen LogP contribution in [0.3, 0.4) is 0 Å². The quantitative estimate of drug-likeness (QED) is 0.198. The van der Waals surface area contributed by atoms with Crippen LogP contribution in [-0.4, -0.2) is 81.0 Å². The highest BCUT2D eigenvalue weighted by Crippen LogP contribution is 2.33. The molecule has 5 heterocycles. The van der Waals surface area contributed by atoms with Crippen LogP contribution in [0.4, 0.5) is 22.7 Å². The number of hydrogen-bond donors (Lipinski definition) is 0. The van der Waals surface area contributed by atoms with Crippen LogP contribution in [0.1, 0.15) is 263 Å². The van der Waals surface area contributed by atoms with Crippen LogP contribution in [-0.2, 0) is 19.3 Å². The van der Waals surface area contributed by atoms with Gasteiger partial charge in [0.2, 0.25) is 0 Å². The predicted molar refractivity (Wildman–Crippen MR) is 380 cm³/mol. The summed E-state index contributed by atoms with van der Waals surface area (Å²) in [6.45, 7) is 66.8. The Labute approximate surface area is 510 Å². The molecule has 0 bridgehead atoms. The van der Waals surface area contributed by atoms with Gasteiger partial charge in [-0.1, -0.05) is 205 Å².